The van der Waals surface area contributed by atoms with Crippen molar-refractivity contribution in [1.82, 2.24) is 9.80 Å². The van der Waals surface area contributed by atoms with Crippen LogP contribution in [0.3, 0.4) is 0 Å². The fourth-order valence-electron chi connectivity index (χ4n) is 5.63. The topological polar surface area (TPSA) is 60.9 Å². The summed E-state index contributed by atoms with van der Waals surface area (Å²) in [4.78, 5) is 45.2. The average molecular weight is 464 g/mol. The van der Waals surface area contributed by atoms with E-state index < -0.39 is 0 Å². The van der Waals surface area contributed by atoms with Gasteiger partial charge in [0.1, 0.15) is 5.82 Å². The zero-order valence-electron chi connectivity index (χ0n) is 19.3. The molecule has 0 radical (unpaired) electrons. The Hall–Kier alpha value is -3.22. The van der Waals surface area contributed by atoms with Crippen LogP contribution >= 0.6 is 0 Å². The summed E-state index contributed by atoms with van der Waals surface area (Å²) in [5.74, 6) is -0.987. The normalized spacial score (nSPS) is 22.4. The molecule has 34 heavy (non-hydrogen) atoms. The fourth-order valence-corrected chi connectivity index (χ4v) is 5.63. The fraction of sp³-hybridized carbons (Fsp3) is 0.444. The third-order valence-electron chi connectivity index (χ3n) is 7.52. The van der Waals surface area contributed by atoms with Crippen LogP contribution < -0.4 is 4.90 Å². The van der Waals surface area contributed by atoms with Gasteiger partial charge in [-0.1, -0.05) is 31.0 Å². The minimum absolute atomic E-state index is 0.0411. The molecule has 1 aliphatic carbocycles. The third kappa shape index (κ3) is 4.31. The summed E-state index contributed by atoms with van der Waals surface area (Å²) < 4.78 is 13.2. The molecule has 3 amide bonds. The van der Waals surface area contributed by atoms with Crippen molar-refractivity contribution in [2.75, 3.05) is 37.6 Å². The SMILES string of the molecule is O=C(c1ccc(F)cc1)N1CCN(C(=O)C2CCCCC2C(=O)N2CCc3ccccc32)CC1. The number of carbonyl (C=O) groups is 3. The maximum absolute atomic E-state index is 13.6. The number of amides is 3. The highest BCUT2D eigenvalue weighted by Gasteiger charge is 2.41. The number of anilines is 1. The molecule has 2 atom stereocenters. The van der Waals surface area contributed by atoms with E-state index in [9.17, 15) is 18.8 Å². The summed E-state index contributed by atoms with van der Waals surface area (Å²) in [6, 6.07) is 13.6. The molecule has 0 bridgehead atoms. The van der Waals surface area contributed by atoms with Crippen LogP contribution in [0.2, 0.25) is 0 Å². The average Bonchev–Trinajstić information content (AvgIpc) is 3.32. The molecule has 3 aliphatic rings. The molecule has 6 nitrogen and oxygen atoms in total. The van der Waals surface area contributed by atoms with Gasteiger partial charge in [0.2, 0.25) is 11.8 Å². The molecule has 0 N–H and O–H groups in total. The summed E-state index contributed by atoms with van der Waals surface area (Å²) >= 11 is 0. The van der Waals surface area contributed by atoms with Gasteiger partial charge in [-0.25, -0.2) is 4.39 Å². The van der Waals surface area contributed by atoms with E-state index >= 15 is 0 Å². The maximum Gasteiger partial charge on any atom is 0.253 e. The van der Waals surface area contributed by atoms with Crippen molar-refractivity contribution in [3.8, 4) is 0 Å². The van der Waals surface area contributed by atoms with Gasteiger partial charge in [0, 0.05) is 49.9 Å². The number of halogens is 1. The summed E-state index contributed by atoms with van der Waals surface area (Å²) in [5.41, 5.74) is 2.62. The Morgan fingerprint density at radius 3 is 2.06 bits per heavy atom. The largest absolute Gasteiger partial charge is 0.339 e. The first-order valence-electron chi connectivity index (χ1n) is 12.3. The Balaban J connectivity index is 1.23. The van der Waals surface area contributed by atoms with Crippen molar-refractivity contribution in [2.45, 2.75) is 32.1 Å². The number of fused-ring (bicyclic) bond motifs is 1. The van der Waals surface area contributed by atoms with Crippen LogP contribution in [0, 0.1) is 17.7 Å². The van der Waals surface area contributed by atoms with E-state index in [1.807, 2.05) is 28.0 Å². The molecule has 7 heteroatoms. The molecule has 2 aromatic carbocycles. The van der Waals surface area contributed by atoms with Gasteiger partial charge in [-0.15, -0.1) is 0 Å². The molecule has 0 aromatic heterocycles. The second kappa shape index (κ2) is 9.57. The van der Waals surface area contributed by atoms with Crippen LogP contribution in [0.5, 0.6) is 0 Å². The standard InChI is InChI=1S/C27H30FN3O3/c28-21-11-9-20(10-12-21)25(32)29-15-17-30(18-16-29)26(33)22-6-2-3-7-23(22)27(34)31-14-13-19-5-1-4-8-24(19)31/h1,4-5,8-12,22-23H,2-3,6-7,13-18H2. The highest BCUT2D eigenvalue weighted by atomic mass is 19.1. The number of benzene rings is 2. The van der Waals surface area contributed by atoms with Crippen molar-refractivity contribution >= 4 is 23.4 Å². The third-order valence-corrected chi connectivity index (χ3v) is 7.52. The number of hydrogen-bond donors (Lipinski definition) is 0. The van der Waals surface area contributed by atoms with Gasteiger partial charge in [0.25, 0.3) is 5.91 Å². The smallest absolute Gasteiger partial charge is 0.253 e. The van der Waals surface area contributed by atoms with Crippen molar-refractivity contribution in [1.29, 1.82) is 0 Å². The highest BCUT2D eigenvalue weighted by molar-refractivity contribution is 5.99. The molecule has 0 spiro atoms. The molecule has 1 saturated carbocycles. The van der Waals surface area contributed by atoms with Gasteiger partial charge >= 0.3 is 0 Å². The highest BCUT2D eigenvalue weighted by Crippen LogP contribution is 2.36. The van der Waals surface area contributed by atoms with Gasteiger partial charge in [0.15, 0.2) is 0 Å². The van der Waals surface area contributed by atoms with E-state index in [1.54, 1.807) is 4.90 Å². The quantitative estimate of drug-likeness (QED) is 0.700. The minimum atomic E-state index is -0.374. The lowest BCUT2D eigenvalue weighted by Gasteiger charge is -2.39. The van der Waals surface area contributed by atoms with Gasteiger partial charge in [-0.3, -0.25) is 14.4 Å². The first-order valence-corrected chi connectivity index (χ1v) is 12.3. The zero-order chi connectivity index (χ0) is 23.7. The zero-order valence-corrected chi connectivity index (χ0v) is 19.3. The van der Waals surface area contributed by atoms with Crippen molar-refractivity contribution in [2.24, 2.45) is 11.8 Å². The van der Waals surface area contributed by atoms with Crippen LogP contribution in [0.4, 0.5) is 10.1 Å². The summed E-state index contributed by atoms with van der Waals surface area (Å²) in [6.45, 7) is 2.46. The van der Waals surface area contributed by atoms with Crippen LogP contribution in [0.25, 0.3) is 0 Å². The number of carbonyl (C=O) groups excluding carboxylic acids is 3. The van der Waals surface area contributed by atoms with Gasteiger partial charge in [-0.05, 0) is 55.2 Å². The molecule has 2 aliphatic heterocycles. The predicted molar refractivity (Wildman–Crippen MR) is 127 cm³/mol. The van der Waals surface area contributed by atoms with E-state index in [4.69, 9.17) is 0 Å². The first-order chi connectivity index (χ1) is 16.5. The Morgan fingerprint density at radius 2 is 1.35 bits per heavy atom. The van der Waals surface area contributed by atoms with Crippen molar-refractivity contribution < 1.29 is 18.8 Å². The lowest BCUT2D eigenvalue weighted by molar-refractivity contribution is -0.144. The molecular weight excluding hydrogens is 433 g/mol. The molecule has 2 unspecified atom stereocenters. The molecule has 5 rings (SSSR count). The summed E-state index contributed by atoms with van der Waals surface area (Å²) in [5, 5.41) is 0. The second-order valence-corrected chi connectivity index (χ2v) is 9.49. The van der Waals surface area contributed by atoms with E-state index in [2.05, 4.69) is 6.07 Å². The predicted octanol–water partition coefficient (Wildman–Crippen LogP) is 3.51. The number of para-hydroxylation sites is 1. The molecule has 2 fully saturated rings. The van der Waals surface area contributed by atoms with E-state index in [-0.39, 0.29) is 35.4 Å². The van der Waals surface area contributed by atoms with E-state index in [1.165, 1.54) is 29.8 Å². The summed E-state index contributed by atoms with van der Waals surface area (Å²) in [7, 11) is 0. The lowest BCUT2D eigenvalue weighted by Crippen LogP contribution is -2.54. The van der Waals surface area contributed by atoms with Gasteiger partial charge in [-0.2, -0.15) is 0 Å². The van der Waals surface area contributed by atoms with Crippen LogP contribution in [-0.2, 0) is 16.0 Å². The van der Waals surface area contributed by atoms with Crippen LogP contribution in [-0.4, -0.2) is 60.2 Å². The Morgan fingerprint density at radius 1 is 0.735 bits per heavy atom. The van der Waals surface area contributed by atoms with Crippen LogP contribution in [0.1, 0.15) is 41.6 Å². The minimum Gasteiger partial charge on any atom is -0.339 e. The second-order valence-electron chi connectivity index (χ2n) is 9.49. The number of piperazine rings is 1. The van der Waals surface area contributed by atoms with E-state index in [0.29, 0.717) is 38.3 Å². The maximum atomic E-state index is 13.6. The Bertz CT molecular complexity index is 1080. The Kier molecular flexibility index (Phi) is 6.35. The van der Waals surface area contributed by atoms with Crippen molar-refractivity contribution in [3.05, 3.63) is 65.5 Å². The van der Waals surface area contributed by atoms with E-state index in [0.717, 1.165) is 37.8 Å². The summed E-state index contributed by atoms with van der Waals surface area (Å²) in [6.07, 6.45) is 4.27. The monoisotopic (exact) mass is 463 g/mol. The van der Waals surface area contributed by atoms with Crippen LogP contribution in [0.15, 0.2) is 48.5 Å². The first kappa shape index (κ1) is 22.6. The molecule has 2 aromatic rings. The Labute approximate surface area is 199 Å². The van der Waals surface area contributed by atoms with Crippen molar-refractivity contribution in [3.63, 3.8) is 0 Å². The molecule has 178 valence electrons. The molecular formula is C27H30FN3O3. The number of hydrogen-bond acceptors (Lipinski definition) is 3. The number of rotatable bonds is 3. The lowest BCUT2D eigenvalue weighted by atomic mass is 9.77. The number of nitrogens with zero attached hydrogens (tertiary/aromatic N) is 3. The molecule has 2 heterocycles. The van der Waals surface area contributed by atoms with Gasteiger partial charge < -0.3 is 14.7 Å². The molecule has 1 saturated heterocycles. The van der Waals surface area contributed by atoms with Gasteiger partial charge in [0.05, 0.1) is 5.92 Å².